The van der Waals surface area contributed by atoms with Gasteiger partial charge in [0.05, 0.1) is 29.9 Å². The van der Waals surface area contributed by atoms with E-state index in [4.69, 9.17) is 21.1 Å². The maximum absolute atomic E-state index is 13.8. The molecule has 4 rings (SSSR count). The number of ether oxygens (including phenoxy) is 2. The smallest absolute Gasteiger partial charge is 0.300 e. The van der Waals surface area contributed by atoms with Crippen molar-refractivity contribution in [3.8, 4) is 11.5 Å². The number of rotatable bonds is 6. The Morgan fingerprint density at radius 2 is 1.74 bits per heavy atom. The summed E-state index contributed by atoms with van der Waals surface area (Å²) >= 11 is 5.97. The minimum atomic E-state index is -1.00. The summed E-state index contributed by atoms with van der Waals surface area (Å²) in [6.45, 7) is 3.79. The first-order valence-electron chi connectivity index (χ1n) is 10.9. The van der Waals surface area contributed by atoms with E-state index in [0.29, 0.717) is 22.6 Å². The van der Waals surface area contributed by atoms with E-state index in [1.165, 1.54) is 24.1 Å². The summed E-state index contributed by atoms with van der Waals surface area (Å²) in [7, 11) is 1.50. The molecule has 1 N–H and O–H groups in total. The number of halogens is 2. The van der Waals surface area contributed by atoms with Gasteiger partial charge in [0, 0.05) is 11.3 Å². The summed E-state index contributed by atoms with van der Waals surface area (Å²) in [4.78, 5) is 27.6. The molecule has 0 saturated carbocycles. The number of hydrogen-bond donors (Lipinski definition) is 1. The highest BCUT2D eigenvalue weighted by Gasteiger charge is 2.47. The van der Waals surface area contributed by atoms with E-state index in [0.717, 1.165) is 6.07 Å². The third-order valence-electron chi connectivity index (χ3n) is 5.53. The Hall–Kier alpha value is -3.84. The number of methoxy groups -OCH3 is 1. The van der Waals surface area contributed by atoms with E-state index in [1.807, 2.05) is 13.8 Å². The zero-order chi connectivity index (χ0) is 25.3. The topological polar surface area (TPSA) is 76.1 Å². The Kier molecular flexibility index (Phi) is 6.80. The fourth-order valence-electron chi connectivity index (χ4n) is 3.98. The summed E-state index contributed by atoms with van der Waals surface area (Å²) in [5.41, 5.74) is 0.960. The molecule has 1 aliphatic rings. The molecule has 3 aromatic rings. The molecule has 0 bridgehead atoms. The zero-order valence-corrected chi connectivity index (χ0v) is 20.0. The number of benzene rings is 3. The van der Waals surface area contributed by atoms with E-state index in [9.17, 15) is 19.1 Å². The highest BCUT2D eigenvalue weighted by atomic mass is 35.5. The lowest BCUT2D eigenvalue weighted by Gasteiger charge is -2.26. The normalized spacial score (nSPS) is 17.2. The first-order valence-corrected chi connectivity index (χ1v) is 11.3. The second kappa shape index (κ2) is 9.80. The van der Waals surface area contributed by atoms with Crippen LogP contribution >= 0.6 is 11.6 Å². The van der Waals surface area contributed by atoms with Crippen LogP contribution in [0.1, 0.15) is 31.0 Å². The maximum Gasteiger partial charge on any atom is 0.300 e. The van der Waals surface area contributed by atoms with Gasteiger partial charge in [0.1, 0.15) is 23.1 Å². The van der Waals surface area contributed by atoms with Crippen molar-refractivity contribution in [2.24, 2.45) is 0 Å². The van der Waals surface area contributed by atoms with E-state index < -0.39 is 23.5 Å². The van der Waals surface area contributed by atoms with Crippen molar-refractivity contribution in [3.63, 3.8) is 0 Å². The van der Waals surface area contributed by atoms with Crippen molar-refractivity contribution in [2.75, 3.05) is 12.0 Å². The molecule has 0 aromatic heterocycles. The monoisotopic (exact) mass is 495 g/mol. The second-order valence-corrected chi connectivity index (χ2v) is 8.64. The van der Waals surface area contributed by atoms with Crippen LogP contribution in [0, 0.1) is 5.82 Å². The first kappa shape index (κ1) is 24.3. The van der Waals surface area contributed by atoms with E-state index >= 15 is 0 Å². The molecule has 3 aromatic carbocycles. The summed E-state index contributed by atoms with van der Waals surface area (Å²) in [5, 5.41) is 11.0. The van der Waals surface area contributed by atoms with E-state index in [1.54, 1.807) is 48.5 Å². The van der Waals surface area contributed by atoms with Gasteiger partial charge in [0.15, 0.2) is 0 Å². The zero-order valence-electron chi connectivity index (χ0n) is 19.3. The molecule has 1 unspecified atom stereocenters. The van der Waals surface area contributed by atoms with Gasteiger partial charge in [-0.05, 0) is 74.0 Å². The summed E-state index contributed by atoms with van der Waals surface area (Å²) in [6.07, 6.45) is -0.0321. The SMILES string of the molecule is COc1cccc(C2/C(=C(\O)c3ccc(OC(C)C)cc3)C(=O)C(=O)N2c2ccc(F)c(Cl)c2)c1. The number of nitrogens with zero attached hydrogens (tertiary/aromatic N) is 1. The van der Waals surface area contributed by atoms with Crippen LogP contribution in [-0.4, -0.2) is 30.0 Å². The number of Topliss-reactive ketones (excluding diaryl/α,β-unsaturated/α-hetero) is 1. The lowest BCUT2D eigenvalue weighted by molar-refractivity contribution is -0.132. The van der Waals surface area contributed by atoms with Gasteiger partial charge in [-0.3, -0.25) is 14.5 Å². The van der Waals surface area contributed by atoms with Crippen LogP contribution in [0.4, 0.5) is 10.1 Å². The molecule has 1 fully saturated rings. The third kappa shape index (κ3) is 4.72. The predicted molar refractivity (Wildman–Crippen MR) is 131 cm³/mol. The maximum atomic E-state index is 13.8. The largest absolute Gasteiger partial charge is 0.507 e. The van der Waals surface area contributed by atoms with Crippen LogP contribution in [0.15, 0.2) is 72.3 Å². The fraction of sp³-hybridized carbons (Fsp3) is 0.185. The number of aliphatic hydroxyl groups excluding tert-OH is 1. The van der Waals surface area contributed by atoms with Crippen LogP contribution < -0.4 is 14.4 Å². The van der Waals surface area contributed by atoms with E-state index in [-0.39, 0.29) is 28.1 Å². The summed E-state index contributed by atoms with van der Waals surface area (Å²) in [5.74, 6) is -1.65. The van der Waals surface area contributed by atoms with Crippen LogP contribution in [0.25, 0.3) is 5.76 Å². The van der Waals surface area contributed by atoms with Crippen molar-refractivity contribution < 1.29 is 28.6 Å². The highest BCUT2D eigenvalue weighted by Crippen LogP contribution is 2.43. The predicted octanol–water partition coefficient (Wildman–Crippen LogP) is 5.90. The van der Waals surface area contributed by atoms with Crippen molar-refractivity contribution in [2.45, 2.75) is 26.0 Å². The Balaban J connectivity index is 1.89. The number of carbonyl (C=O) groups excluding carboxylic acids is 2. The number of aliphatic hydroxyl groups is 1. The van der Waals surface area contributed by atoms with Gasteiger partial charge in [0.25, 0.3) is 11.7 Å². The van der Waals surface area contributed by atoms with E-state index in [2.05, 4.69) is 0 Å². The molecule has 1 saturated heterocycles. The molecule has 1 aliphatic heterocycles. The van der Waals surface area contributed by atoms with Crippen LogP contribution in [0.3, 0.4) is 0 Å². The summed E-state index contributed by atoms with van der Waals surface area (Å²) < 4.78 is 24.8. The van der Waals surface area contributed by atoms with Gasteiger partial charge in [-0.15, -0.1) is 0 Å². The molecular formula is C27H23ClFNO5. The molecule has 180 valence electrons. The van der Waals surface area contributed by atoms with Gasteiger partial charge < -0.3 is 14.6 Å². The molecule has 8 heteroatoms. The van der Waals surface area contributed by atoms with Crippen molar-refractivity contribution >= 4 is 34.7 Å². The van der Waals surface area contributed by atoms with Crippen molar-refractivity contribution in [1.29, 1.82) is 0 Å². The Labute approximate surface area is 207 Å². The minimum absolute atomic E-state index is 0.0321. The lowest BCUT2D eigenvalue weighted by Crippen LogP contribution is -2.29. The lowest BCUT2D eigenvalue weighted by atomic mass is 9.95. The van der Waals surface area contributed by atoms with Crippen LogP contribution in [0.5, 0.6) is 11.5 Å². The number of ketones is 1. The molecule has 1 heterocycles. The van der Waals surface area contributed by atoms with Gasteiger partial charge in [-0.25, -0.2) is 4.39 Å². The average Bonchev–Trinajstić information content (AvgIpc) is 3.11. The van der Waals surface area contributed by atoms with Crippen molar-refractivity contribution in [1.82, 2.24) is 0 Å². The highest BCUT2D eigenvalue weighted by molar-refractivity contribution is 6.51. The molecule has 6 nitrogen and oxygen atoms in total. The molecule has 1 atom stereocenters. The molecular weight excluding hydrogens is 473 g/mol. The Morgan fingerprint density at radius 1 is 1.03 bits per heavy atom. The summed E-state index contributed by atoms with van der Waals surface area (Å²) in [6, 6.07) is 16.1. The Morgan fingerprint density at radius 3 is 2.37 bits per heavy atom. The number of amides is 1. The van der Waals surface area contributed by atoms with Crippen molar-refractivity contribution in [3.05, 3.63) is 94.3 Å². The molecule has 0 aliphatic carbocycles. The fourth-order valence-corrected chi connectivity index (χ4v) is 4.15. The van der Waals surface area contributed by atoms with Crippen LogP contribution in [0.2, 0.25) is 5.02 Å². The molecule has 35 heavy (non-hydrogen) atoms. The molecule has 0 spiro atoms. The van der Waals surface area contributed by atoms with Gasteiger partial charge in [-0.2, -0.15) is 0 Å². The number of hydrogen-bond acceptors (Lipinski definition) is 5. The molecule has 1 amide bonds. The van der Waals surface area contributed by atoms with Gasteiger partial charge in [-0.1, -0.05) is 23.7 Å². The number of carbonyl (C=O) groups is 2. The third-order valence-corrected chi connectivity index (χ3v) is 5.82. The number of anilines is 1. The first-order chi connectivity index (χ1) is 16.7. The minimum Gasteiger partial charge on any atom is -0.507 e. The Bertz CT molecular complexity index is 1320. The standard InChI is InChI=1S/C27H23ClFNO5/c1-15(2)35-19-10-7-16(8-11-19)25(31)23-24(17-5-4-6-20(13-17)34-3)30(27(33)26(23)32)18-9-12-22(29)21(28)14-18/h4-15,24,31H,1-3H3/b25-23+. The van der Waals surface area contributed by atoms with Gasteiger partial charge >= 0.3 is 0 Å². The van der Waals surface area contributed by atoms with Crippen LogP contribution in [-0.2, 0) is 9.59 Å². The second-order valence-electron chi connectivity index (χ2n) is 8.24. The molecule has 0 radical (unpaired) electrons. The average molecular weight is 496 g/mol. The van der Waals surface area contributed by atoms with Gasteiger partial charge in [0.2, 0.25) is 0 Å². The quantitative estimate of drug-likeness (QED) is 0.262.